The zero-order chi connectivity index (χ0) is 23.4. The monoisotopic (exact) mass is 468 g/mol. The first kappa shape index (κ1) is 22.8. The summed E-state index contributed by atoms with van der Waals surface area (Å²) >= 11 is 6.00. The highest BCUT2D eigenvalue weighted by Crippen LogP contribution is 2.37. The molecule has 1 aromatic heterocycles. The molecular formula is C24H25ClN4O4. The van der Waals surface area contributed by atoms with Gasteiger partial charge in [-0.3, -0.25) is 4.90 Å². The zero-order valence-corrected chi connectivity index (χ0v) is 19.4. The van der Waals surface area contributed by atoms with Crippen LogP contribution in [0.3, 0.4) is 0 Å². The summed E-state index contributed by atoms with van der Waals surface area (Å²) in [5.41, 5.74) is 3.10. The van der Waals surface area contributed by atoms with Crippen molar-refractivity contribution in [2.75, 3.05) is 26.9 Å². The van der Waals surface area contributed by atoms with Crippen LogP contribution >= 0.6 is 11.6 Å². The number of allylic oxidation sites excluding steroid dienone is 1. The number of nitrogens with zero attached hydrogens (tertiary/aromatic N) is 3. The van der Waals surface area contributed by atoms with Crippen molar-refractivity contribution in [1.29, 1.82) is 0 Å². The van der Waals surface area contributed by atoms with Gasteiger partial charge in [-0.1, -0.05) is 28.9 Å². The first-order valence-corrected chi connectivity index (χ1v) is 11.0. The van der Waals surface area contributed by atoms with Gasteiger partial charge in [0.15, 0.2) is 0 Å². The highest BCUT2D eigenvalue weighted by molar-refractivity contribution is 6.30. The molecule has 3 aromatic rings. The summed E-state index contributed by atoms with van der Waals surface area (Å²) in [4.78, 5) is 19.2. The van der Waals surface area contributed by atoms with E-state index in [-0.39, 0.29) is 6.03 Å². The lowest BCUT2D eigenvalue weighted by Gasteiger charge is -2.35. The van der Waals surface area contributed by atoms with Crippen LogP contribution in [0.15, 0.2) is 58.8 Å². The van der Waals surface area contributed by atoms with Crippen LogP contribution in [0.4, 0.5) is 4.79 Å². The molecule has 2 aromatic carbocycles. The summed E-state index contributed by atoms with van der Waals surface area (Å²) in [6.45, 7) is 5.17. The van der Waals surface area contributed by atoms with Crippen LogP contribution in [-0.2, 0) is 4.74 Å². The molecule has 1 atom stereocenters. The topological polar surface area (TPSA) is 89.7 Å². The molecule has 0 saturated heterocycles. The number of rotatable bonds is 8. The smallest absolute Gasteiger partial charge is 0.322 e. The third kappa shape index (κ3) is 4.86. The van der Waals surface area contributed by atoms with Gasteiger partial charge in [0.05, 0.1) is 31.4 Å². The van der Waals surface area contributed by atoms with Crippen molar-refractivity contribution in [3.8, 4) is 17.1 Å². The predicted molar refractivity (Wildman–Crippen MR) is 125 cm³/mol. The Balaban J connectivity index is 1.75. The third-order valence-electron chi connectivity index (χ3n) is 5.40. The number of carbonyl (C=O) groups is 1. The Morgan fingerprint density at radius 3 is 2.55 bits per heavy atom. The number of hydrogen-bond acceptors (Lipinski definition) is 6. The van der Waals surface area contributed by atoms with Gasteiger partial charge in [-0.2, -0.15) is 4.98 Å². The minimum Gasteiger partial charge on any atom is -0.494 e. The molecule has 1 aliphatic rings. The number of halogens is 1. The summed E-state index contributed by atoms with van der Waals surface area (Å²) in [5.74, 6) is 1.53. The van der Waals surface area contributed by atoms with Crippen LogP contribution in [0.2, 0.25) is 5.02 Å². The average Bonchev–Trinajstić information content (AvgIpc) is 3.29. The van der Waals surface area contributed by atoms with Crippen molar-refractivity contribution >= 4 is 23.2 Å². The second-order valence-electron chi connectivity index (χ2n) is 7.46. The maximum absolute atomic E-state index is 12.9. The predicted octanol–water partition coefficient (Wildman–Crippen LogP) is 4.93. The van der Waals surface area contributed by atoms with Gasteiger partial charge in [0, 0.05) is 23.4 Å². The van der Waals surface area contributed by atoms with Gasteiger partial charge < -0.3 is 19.3 Å². The van der Waals surface area contributed by atoms with Gasteiger partial charge in [-0.05, 0) is 55.8 Å². The molecule has 0 aliphatic carbocycles. The molecule has 0 fully saturated rings. The van der Waals surface area contributed by atoms with Crippen molar-refractivity contribution in [3.63, 3.8) is 0 Å². The van der Waals surface area contributed by atoms with E-state index in [2.05, 4.69) is 15.5 Å². The Labute approximate surface area is 197 Å². The Morgan fingerprint density at radius 1 is 1.15 bits per heavy atom. The van der Waals surface area contributed by atoms with E-state index in [1.807, 2.05) is 50.2 Å². The Kier molecular flexibility index (Phi) is 6.96. The zero-order valence-electron chi connectivity index (χ0n) is 18.7. The fourth-order valence-electron chi connectivity index (χ4n) is 3.73. The molecule has 2 amide bonds. The van der Waals surface area contributed by atoms with Crippen LogP contribution in [0.25, 0.3) is 17.0 Å². The van der Waals surface area contributed by atoms with Gasteiger partial charge in [0.2, 0.25) is 5.82 Å². The number of benzene rings is 2. The molecule has 2 heterocycles. The van der Waals surface area contributed by atoms with E-state index in [0.717, 1.165) is 28.1 Å². The summed E-state index contributed by atoms with van der Waals surface area (Å²) in [5, 5.41) is 7.85. The quantitative estimate of drug-likeness (QED) is 0.504. The summed E-state index contributed by atoms with van der Waals surface area (Å²) in [6.07, 6.45) is 0. The van der Waals surface area contributed by atoms with Crippen LogP contribution in [-0.4, -0.2) is 47.9 Å². The average molecular weight is 469 g/mol. The Hall–Kier alpha value is -3.36. The number of aromatic nitrogens is 2. The maximum atomic E-state index is 12.9. The summed E-state index contributed by atoms with van der Waals surface area (Å²) < 4.78 is 16.4. The van der Waals surface area contributed by atoms with E-state index in [9.17, 15) is 4.79 Å². The van der Waals surface area contributed by atoms with E-state index in [1.54, 1.807) is 24.1 Å². The van der Waals surface area contributed by atoms with Crippen molar-refractivity contribution in [3.05, 3.63) is 70.7 Å². The molecule has 4 rings (SSSR count). The third-order valence-corrected chi connectivity index (χ3v) is 5.65. The minimum absolute atomic E-state index is 0.218. The van der Waals surface area contributed by atoms with Gasteiger partial charge in [0.1, 0.15) is 5.75 Å². The molecule has 8 nitrogen and oxygen atoms in total. The minimum atomic E-state index is -0.467. The lowest BCUT2D eigenvalue weighted by Crippen LogP contribution is -2.47. The molecule has 0 bridgehead atoms. The molecule has 33 heavy (non-hydrogen) atoms. The number of carbonyl (C=O) groups excluding carboxylic acids is 1. The highest BCUT2D eigenvalue weighted by atomic mass is 35.5. The van der Waals surface area contributed by atoms with E-state index in [1.165, 1.54) is 0 Å². The maximum Gasteiger partial charge on any atom is 0.322 e. The fourth-order valence-corrected chi connectivity index (χ4v) is 3.86. The van der Waals surface area contributed by atoms with Gasteiger partial charge >= 0.3 is 6.03 Å². The summed E-state index contributed by atoms with van der Waals surface area (Å²) in [7, 11) is 1.60. The van der Waals surface area contributed by atoms with Crippen LogP contribution in [0, 0.1) is 0 Å². The van der Waals surface area contributed by atoms with Crippen LogP contribution < -0.4 is 10.1 Å². The lowest BCUT2D eigenvalue weighted by atomic mass is 9.94. The van der Waals surface area contributed by atoms with E-state index in [4.69, 9.17) is 25.6 Å². The van der Waals surface area contributed by atoms with Gasteiger partial charge in [-0.15, -0.1) is 0 Å². The normalized spacial score (nSPS) is 16.2. The summed E-state index contributed by atoms with van der Waals surface area (Å²) in [6, 6.07) is 14.1. The molecule has 172 valence electrons. The van der Waals surface area contributed by atoms with Gasteiger partial charge in [-0.25, -0.2) is 4.79 Å². The number of nitrogens with one attached hydrogen (secondary N) is 1. The first-order chi connectivity index (χ1) is 16.0. The van der Waals surface area contributed by atoms with Gasteiger partial charge in [0.25, 0.3) is 5.89 Å². The second-order valence-corrected chi connectivity index (χ2v) is 7.89. The Bertz CT molecular complexity index is 1140. The second kappa shape index (κ2) is 10.1. The molecule has 0 radical (unpaired) electrons. The highest BCUT2D eigenvalue weighted by Gasteiger charge is 2.35. The molecule has 9 heteroatoms. The molecule has 1 N–H and O–H groups in total. The number of hydrogen-bond donors (Lipinski definition) is 1. The largest absolute Gasteiger partial charge is 0.494 e. The Morgan fingerprint density at radius 2 is 1.88 bits per heavy atom. The molecule has 1 aliphatic heterocycles. The molecule has 0 spiro atoms. The van der Waals surface area contributed by atoms with E-state index in [0.29, 0.717) is 36.5 Å². The lowest BCUT2D eigenvalue weighted by molar-refractivity contribution is 0.158. The molecule has 1 unspecified atom stereocenters. The fraction of sp³-hybridized carbons (Fsp3) is 0.292. The SMILES string of the molecule is CCOc1ccc(C2NC(=O)N(CCOC)C(C)=C2c2nc(-c3ccc(Cl)cc3)no2)cc1. The number of amides is 2. The standard InChI is InChI=1S/C24H25ClN4O4/c1-4-32-19-11-7-16(8-12-19)21-20(15(2)29(13-14-31-3)24(30)26-21)23-27-22(28-33-23)17-5-9-18(25)10-6-17/h5-12,21H,4,13-14H2,1-3H3,(H,26,30). The van der Waals surface area contributed by atoms with Crippen molar-refractivity contribution in [2.24, 2.45) is 0 Å². The number of ether oxygens (including phenoxy) is 2. The molecular weight excluding hydrogens is 444 g/mol. The molecule has 0 saturated carbocycles. The van der Waals surface area contributed by atoms with Crippen LogP contribution in [0.5, 0.6) is 5.75 Å². The van der Waals surface area contributed by atoms with Crippen molar-refractivity contribution < 1.29 is 18.8 Å². The van der Waals surface area contributed by atoms with E-state index >= 15 is 0 Å². The first-order valence-electron chi connectivity index (χ1n) is 10.6. The number of methoxy groups -OCH3 is 1. The van der Waals surface area contributed by atoms with Crippen LogP contribution in [0.1, 0.15) is 31.3 Å². The van der Waals surface area contributed by atoms with Crippen molar-refractivity contribution in [1.82, 2.24) is 20.4 Å². The number of urea groups is 1. The van der Waals surface area contributed by atoms with E-state index < -0.39 is 6.04 Å². The van der Waals surface area contributed by atoms with Crippen molar-refractivity contribution in [2.45, 2.75) is 19.9 Å².